The normalized spacial score (nSPS) is 18.5. The lowest BCUT2D eigenvalue weighted by Gasteiger charge is -2.24. The van der Waals surface area contributed by atoms with Crippen molar-refractivity contribution in [1.82, 2.24) is 5.32 Å². The quantitative estimate of drug-likeness (QED) is 0.821. The fraction of sp³-hybridized carbons (Fsp3) is 0.444. The Hall–Kier alpha value is -0.903. The van der Waals surface area contributed by atoms with Crippen molar-refractivity contribution >= 4 is 24.6 Å². The minimum atomic E-state index is -1.17. The van der Waals surface area contributed by atoms with Gasteiger partial charge in [-0.2, -0.15) is 0 Å². The maximum atomic E-state index is 3.76. The average Bonchev–Trinajstić information content (AvgIpc) is 2.93. The van der Waals surface area contributed by atoms with Gasteiger partial charge in [-0.1, -0.05) is 49.1 Å². The first-order valence-electron chi connectivity index (χ1n) is 7.93. The number of rotatable bonds is 4. The van der Waals surface area contributed by atoms with Gasteiger partial charge in [0.25, 0.3) is 0 Å². The van der Waals surface area contributed by atoms with Crippen LogP contribution in [0.25, 0.3) is 0 Å². The lowest BCUT2D eigenvalue weighted by Crippen LogP contribution is -2.37. The largest absolute Gasteiger partial charge is 0.306 e. The van der Waals surface area contributed by atoms with Gasteiger partial charge in [0.15, 0.2) is 0 Å². The minimum Gasteiger partial charge on any atom is -0.306 e. The summed E-state index contributed by atoms with van der Waals surface area (Å²) in [5, 5.41) is 7.55. The van der Waals surface area contributed by atoms with Crippen molar-refractivity contribution in [2.45, 2.75) is 51.5 Å². The van der Waals surface area contributed by atoms with Gasteiger partial charge < -0.3 is 5.32 Å². The number of benzene rings is 1. The Morgan fingerprint density at radius 2 is 1.90 bits per heavy atom. The van der Waals surface area contributed by atoms with E-state index in [1.807, 2.05) is 11.3 Å². The second-order valence-corrected chi connectivity index (χ2v) is 13.1. The van der Waals surface area contributed by atoms with Crippen molar-refractivity contribution in [3.05, 3.63) is 51.7 Å². The Bertz CT molecular complexity index is 594. The van der Waals surface area contributed by atoms with Crippen LogP contribution in [-0.2, 0) is 13.0 Å². The third-order valence-electron chi connectivity index (χ3n) is 4.42. The van der Waals surface area contributed by atoms with Crippen molar-refractivity contribution in [3.63, 3.8) is 0 Å². The molecule has 112 valence electrons. The highest BCUT2D eigenvalue weighted by molar-refractivity contribution is 7.10. The topological polar surface area (TPSA) is 12.0 Å². The van der Waals surface area contributed by atoms with Crippen molar-refractivity contribution in [1.29, 1.82) is 0 Å². The molecule has 0 amide bonds. The summed E-state index contributed by atoms with van der Waals surface area (Å²) >= 11 is 1.92. The lowest BCUT2D eigenvalue weighted by atomic mass is 9.94. The zero-order valence-corrected chi connectivity index (χ0v) is 15.1. The summed E-state index contributed by atoms with van der Waals surface area (Å²) < 4.78 is 0. The van der Waals surface area contributed by atoms with Gasteiger partial charge in [-0.3, -0.25) is 0 Å². The van der Waals surface area contributed by atoms with Gasteiger partial charge in [-0.05, 0) is 41.8 Å². The first-order chi connectivity index (χ1) is 10.0. The zero-order valence-electron chi connectivity index (χ0n) is 13.3. The van der Waals surface area contributed by atoms with Crippen molar-refractivity contribution in [2.75, 3.05) is 0 Å². The Labute approximate surface area is 133 Å². The molecule has 1 N–H and O–H groups in total. The molecule has 1 aliphatic carbocycles. The molecule has 0 bridgehead atoms. The van der Waals surface area contributed by atoms with Crippen LogP contribution in [0.5, 0.6) is 0 Å². The van der Waals surface area contributed by atoms with Crippen LogP contribution in [0.4, 0.5) is 0 Å². The monoisotopic (exact) mass is 315 g/mol. The van der Waals surface area contributed by atoms with E-state index in [1.54, 1.807) is 15.6 Å². The molecule has 1 atom stereocenters. The number of nitrogens with one attached hydrogen (secondary N) is 1. The van der Waals surface area contributed by atoms with Crippen molar-refractivity contribution < 1.29 is 0 Å². The van der Waals surface area contributed by atoms with Gasteiger partial charge in [-0.25, -0.2) is 0 Å². The van der Waals surface area contributed by atoms with Crippen LogP contribution in [0.1, 0.15) is 34.9 Å². The van der Waals surface area contributed by atoms with Gasteiger partial charge in [0.2, 0.25) is 0 Å². The number of hydrogen-bond acceptors (Lipinski definition) is 2. The second kappa shape index (κ2) is 6.07. The fourth-order valence-electron chi connectivity index (χ4n) is 3.06. The Balaban J connectivity index is 1.64. The van der Waals surface area contributed by atoms with E-state index in [1.165, 1.54) is 24.8 Å². The summed E-state index contributed by atoms with van der Waals surface area (Å²) in [6.45, 7) is 8.19. The Morgan fingerprint density at radius 3 is 2.62 bits per heavy atom. The van der Waals surface area contributed by atoms with Gasteiger partial charge in [0.1, 0.15) is 0 Å². The predicted molar refractivity (Wildman–Crippen MR) is 96.3 cm³/mol. The summed E-state index contributed by atoms with van der Waals surface area (Å²) in [5.41, 5.74) is 2.95. The molecule has 0 aliphatic heterocycles. The third-order valence-corrected chi connectivity index (χ3v) is 7.49. The highest BCUT2D eigenvalue weighted by atomic mass is 32.1. The van der Waals surface area contributed by atoms with E-state index >= 15 is 0 Å². The van der Waals surface area contributed by atoms with Gasteiger partial charge >= 0.3 is 0 Å². The summed E-state index contributed by atoms with van der Waals surface area (Å²) in [6.07, 6.45) is 3.87. The summed E-state index contributed by atoms with van der Waals surface area (Å²) in [7, 11) is -1.17. The van der Waals surface area contributed by atoms with Crippen LogP contribution < -0.4 is 10.5 Å². The third kappa shape index (κ3) is 3.47. The molecule has 1 nitrogen and oxygen atoms in total. The van der Waals surface area contributed by atoms with E-state index in [0.29, 0.717) is 6.04 Å². The van der Waals surface area contributed by atoms with E-state index in [2.05, 4.69) is 60.7 Å². The molecule has 0 saturated heterocycles. The summed E-state index contributed by atoms with van der Waals surface area (Å²) in [4.78, 5) is 1.59. The minimum absolute atomic E-state index is 0.552. The summed E-state index contributed by atoms with van der Waals surface area (Å²) in [6, 6.07) is 12.1. The SMILES string of the molecule is C[Si](C)(C)c1ccc(CNC2CCCc3sccc32)cc1. The molecular weight excluding hydrogens is 290 g/mol. The highest BCUT2D eigenvalue weighted by Crippen LogP contribution is 2.33. The molecule has 1 unspecified atom stereocenters. The number of thiophene rings is 1. The molecule has 2 aromatic rings. The maximum Gasteiger partial charge on any atom is 0.0775 e. The molecule has 3 heteroatoms. The molecule has 0 fully saturated rings. The molecule has 0 spiro atoms. The summed E-state index contributed by atoms with van der Waals surface area (Å²) in [5.74, 6) is 0. The highest BCUT2D eigenvalue weighted by Gasteiger charge is 2.20. The van der Waals surface area contributed by atoms with Crippen LogP contribution >= 0.6 is 11.3 Å². The zero-order chi connectivity index (χ0) is 14.9. The van der Waals surface area contributed by atoms with Crippen molar-refractivity contribution in [3.8, 4) is 0 Å². The van der Waals surface area contributed by atoms with Crippen LogP contribution in [0.2, 0.25) is 19.6 Å². The molecule has 0 saturated carbocycles. The molecule has 21 heavy (non-hydrogen) atoms. The first-order valence-corrected chi connectivity index (χ1v) is 12.3. The Kier molecular flexibility index (Phi) is 4.34. The standard InChI is InChI=1S/C18H25NSSi/c1-21(2,3)15-9-7-14(8-10-15)13-19-17-5-4-6-18-16(17)11-12-20-18/h7-12,17,19H,4-6,13H2,1-3H3. The molecule has 1 aromatic heterocycles. The fourth-order valence-corrected chi connectivity index (χ4v) is 5.22. The van der Waals surface area contributed by atoms with Crippen LogP contribution in [0.15, 0.2) is 35.7 Å². The van der Waals surface area contributed by atoms with Crippen LogP contribution in [0.3, 0.4) is 0 Å². The Morgan fingerprint density at radius 1 is 1.14 bits per heavy atom. The predicted octanol–water partition coefficient (Wildman–Crippen LogP) is 4.46. The molecule has 0 radical (unpaired) electrons. The molecular formula is C18H25NSSi. The van der Waals surface area contributed by atoms with E-state index < -0.39 is 8.07 Å². The van der Waals surface area contributed by atoms with Crippen molar-refractivity contribution in [2.24, 2.45) is 0 Å². The van der Waals surface area contributed by atoms with Gasteiger partial charge in [-0.15, -0.1) is 11.3 Å². The molecule has 1 heterocycles. The van der Waals surface area contributed by atoms with E-state index in [4.69, 9.17) is 0 Å². The molecule has 1 aliphatic rings. The number of fused-ring (bicyclic) bond motifs is 1. The van der Waals surface area contributed by atoms with E-state index in [0.717, 1.165) is 6.54 Å². The van der Waals surface area contributed by atoms with E-state index in [-0.39, 0.29) is 0 Å². The van der Waals surface area contributed by atoms with Gasteiger partial charge in [0.05, 0.1) is 8.07 Å². The van der Waals surface area contributed by atoms with Gasteiger partial charge in [0, 0.05) is 17.5 Å². The molecule has 3 rings (SSSR count). The number of hydrogen-bond donors (Lipinski definition) is 1. The van der Waals surface area contributed by atoms with E-state index in [9.17, 15) is 0 Å². The number of aryl methyl sites for hydroxylation is 1. The lowest BCUT2D eigenvalue weighted by molar-refractivity contribution is 0.463. The first kappa shape index (κ1) is 15.0. The smallest absolute Gasteiger partial charge is 0.0775 e. The second-order valence-electron chi connectivity index (χ2n) is 7.07. The molecule has 1 aromatic carbocycles. The average molecular weight is 316 g/mol. The maximum absolute atomic E-state index is 3.76. The van der Waals surface area contributed by atoms with Crippen LogP contribution in [0, 0.1) is 0 Å². The van der Waals surface area contributed by atoms with Crippen LogP contribution in [-0.4, -0.2) is 8.07 Å².